The highest BCUT2D eigenvalue weighted by Gasteiger charge is 2.10. The molecule has 0 bridgehead atoms. The minimum Gasteiger partial charge on any atom is -0.314 e. The predicted octanol–water partition coefficient (Wildman–Crippen LogP) is 3.92. The van der Waals surface area contributed by atoms with Crippen molar-refractivity contribution in [3.8, 4) is 0 Å². The summed E-state index contributed by atoms with van der Waals surface area (Å²) in [6.07, 6.45) is 1.01. The molecule has 0 aliphatic rings. The summed E-state index contributed by atoms with van der Waals surface area (Å²) >= 11 is 1.35. The molecule has 0 unspecified atom stereocenters. The normalized spacial score (nSPS) is 12.0. The molecule has 3 aromatic rings. The Morgan fingerprint density at radius 2 is 1.96 bits per heavy atom. The minimum absolute atomic E-state index is 0.178. The van der Waals surface area contributed by atoms with Gasteiger partial charge in [-0.3, -0.25) is 4.79 Å². The van der Waals surface area contributed by atoms with Crippen LogP contribution >= 0.6 is 11.3 Å². The number of hydrogen-bond donors (Lipinski definition) is 0. The van der Waals surface area contributed by atoms with Gasteiger partial charge in [-0.1, -0.05) is 47.7 Å². The van der Waals surface area contributed by atoms with Crippen LogP contribution in [-0.4, -0.2) is 10.5 Å². The number of hydrogen-bond acceptors (Lipinski definition) is 2. The summed E-state index contributed by atoms with van der Waals surface area (Å²) in [5.41, 5.74) is 1.64. The maximum atomic E-state index is 14.0. The fourth-order valence-corrected chi connectivity index (χ4v) is 3.65. The lowest BCUT2D eigenvalue weighted by Gasteiger charge is -2.01. The third kappa shape index (κ3) is 3.40. The van der Waals surface area contributed by atoms with Gasteiger partial charge in [0.1, 0.15) is 5.82 Å². The number of aryl methyl sites for hydroxylation is 2. The van der Waals surface area contributed by atoms with Crippen molar-refractivity contribution in [3.63, 3.8) is 0 Å². The molecule has 0 fully saturated rings. The van der Waals surface area contributed by atoms with Gasteiger partial charge in [0.2, 0.25) is 5.91 Å². The van der Waals surface area contributed by atoms with E-state index in [-0.39, 0.29) is 11.7 Å². The lowest BCUT2D eigenvalue weighted by Crippen LogP contribution is -2.16. The first-order valence-electron chi connectivity index (χ1n) is 7.58. The standard InChI is InChI=1S/C18H17FN2OS/c1-2-21-17-14(19)9-6-10-15(17)23-18(21)20-16(22)12-11-13-7-4-3-5-8-13/h3-10H,2,11-12H2,1H3. The highest BCUT2D eigenvalue weighted by atomic mass is 32.1. The first-order valence-corrected chi connectivity index (χ1v) is 8.40. The molecule has 118 valence electrons. The fraction of sp³-hybridized carbons (Fsp3) is 0.222. The summed E-state index contributed by atoms with van der Waals surface area (Å²) in [5, 5.41) is 0. The molecular formula is C18H17FN2OS. The molecule has 3 nitrogen and oxygen atoms in total. The van der Waals surface area contributed by atoms with E-state index in [1.54, 1.807) is 10.6 Å². The van der Waals surface area contributed by atoms with Crippen molar-refractivity contribution >= 4 is 27.5 Å². The highest BCUT2D eigenvalue weighted by molar-refractivity contribution is 7.16. The van der Waals surface area contributed by atoms with Gasteiger partial charge >= 0.3 is 0 Å². The Labute approximate surface area is 137 Å². The van der Waals surface area contributed by atoms with Crippen LogP contribution in [0.2, 0.25) is 0 Å². The summed E-state index contributed by atoms with van der Waals surface area (Å²) in [7, 11) is 0. The van der Waals surface area contributed by atoms with Crippen molar-refractivity contribution in [2.24, 2.45) is 4.99 Å². The SMILES string of the molecule is CCn1c(=NC(=O)CCc2ccccc2)sc2cccc(F)c21. The molecule has 1 heterocycles. The molecule has 0 aliphatic carbocycles. The quantitative estimate of drug-likeness (QED) is 0.715. The number of benzene rings is 2. The van der Waals surface area contributed by atoms with Gasteiger partial charge in [-0.05, 0) is 31.0 Å². The zero-order valence-electron chi connectivity index (χ0n) is 12.8. The van der Waals surface area contributed by atoms with Gasteiger partial charge < -0.3 is 4.57 Å². The van der Waals surface area contributed by atoms with E-state index in [1.807, 2.05) is 43.3 Å². The Balaban J connectivity index is 1.88. The molecule has 3 rings (SSSR count). The van der Waals surface area contributed by atoms with Gasteiger partial charge in [-0.15, -0.1) is 0 Å². The monoisotopic (exact) mass is 328 g/mol. The number of amides is 1. The number of aromatic nitrogens is 1. The Hall–Kier alpha value is -2.27. The van der Waals surface area contributed by atoms with Crippen LogP contribution in [-0.2, 0) is 17.8 Å². The van der Waals surface area contributed by atoms with Gasteiger partial charge in [0.25, 0.3) is 0 Å². The summed E-state index contributed by atoms with van der Waals surface area (Å²) in [5.74, 6) is -0.457. The fourth-order valence-electron chi connectivity index (χ4n) is 2.52. The molecule has 5 heteroatoms. The van der Waals surface area contributed by atoms with E-state index in [2.05, 4.69) is 4.99 Å². The van der Waals surface area contributed by atoms with E-state index < -0.39 is 0 Å². The van der Waals surface area contributed by atoms with Crippen LogP contribution < -0.4 is 4.80 Å². The van der Waals surface area contributed by atoms with Crippen molar-refractivity contribution < 1.29 is 9.18 Å². The van der Waals surface area contributed by atoms with Crippen LogP contribution in [0.4, 0.5) is 4.39 Å². The second-order valence-electron chi connectivity index (χ2n) is 5.21. The number of carbonyl (C=O) groups excluding carboxylic acids is 1. The van der Waals surface area contributed by atoms with E-state index in [1.165, 1.54) is 17.4 Å². The largest absolute Gasteiger partial charge is 0.314 e. The van der Waals surface area contributed by atoms with Crippen LogP contribution in [0.5, 0.6) is 0 Å². The Morgan fingerprint density at radius 1 is 1.17 bits per heavy atom. The molecule has 0 aliphatic heterocycles. The Kier molecular flexibility index (Phi) is 4.67. The van der Waals surface area contributed by atoms with Crippen LogP contribution in [0.3, 0.4) is 0 Å². The maximum absolute atomic E-state index is 14.0. The summed E-state index contributed by atoms with van der Waals surface area (Å²) in [6, 6.07) is 14.8. The van der Waals surface area contributed by atoms with E-state index in [4.69, 9.17) is 0 Å². The molecule has 0 spiro atoms. The zero-order valence-corrected chi connectivity index (χ0v) is 13.6. The number of para-hydroxylation sites is 1. The van der Waals surface area contributed by atoms with Crippen molar-refractivity contribution in [2.45, 2.75) is 26.3 Å². The predicted molar refractivity (Wildman–Crippen MR) is 90.8 cm³/mol. The molecule has 2 aromatic carbocycles. The molecular weight excluding hydrogens is 311 g/mol. The minimum atomic E-state index is -0.279. The average Bonchev–Trinajstić information content (AvgIpc) is 2.92. The lowest BCUT2D eigenvalue weighted by atomic mass is 10.1. The van der Waals surface area contributed by atoms with Gasteiger partial charge in [0.05, 0.1) is 10.2 Å². The van der Waals surface area contributed by atoms with Crippen LogP contribution in [0.1, 0.15) is 18.9 Å². The summed E-state index contributed by atoms with van der Waals surface area (Å²) < 4.78 is 16.6. The highest BCUT2D eigenvalue weighted by Crippen LogP contribution is 2.20. The smallest absolute Gasteiger partial charge is 0.248 e. The second kappa shape index (κ2) is 6.87. The summed E-state index contributed by atoms with van der Waals surface area (Å²) in [6.45, 7) is 2.50. The Morgan fingerprint density at radius 3 is 2.70 bits per heavy atom. The van der Waals surface area contributed by atoms with Gasteiger partial charge in [0, 0.05) is 13.0 Å². The van der Waals surface area contributed by atoms with Crippen molar-refractivity contribution in [2.75, 3.05) is 0 Å². The molecule has 0 saturated heterocycles. The first kappa shape index (κ1) is 15.6. The number of fused-ring (bicyclic) bond motifs is 1. The zero-order chi connectivity index (χ0) is 16.2. The van der Waals surface area contributed by atoms with E-state index in [0.717, 1.165) is 10.3 Å². The second-order valence-corrected chi connectivity index (χ2v) is 6.22. The van der Waals surface area contributed by atoms with Gasteiger partial charge in [-0.2, -0.15) is 4.99 Å². The maximum Gasteiger partial charge on any atom is 0.248 e. The number of halogens is 1. The average molecular weight is 328 g/mol. The van der Waals surface area contributed by atoms with Gasteiger partial charge in [-0.25, -0.2) is 4.39 Å². The van der Waals surface area contributed by atoms with Gasteiger partial charge in [0.15, 0.2) is 4.80 Å². The molecule has 1 amide bonds. The lowest BCUT2D eigenvalue weighted by molar-refractivity contribution is -0.118. The van der Waals surface area contributed by atoms with E-state index in [0.29, 0.717) is 29.7 Å². The number of rotatable bonds is 4. The molecule has 0 radical (unpaired) electrons. The number of nitrogens with zero attached hydrogens (tertiary/aromatic N) is 2. The third-order valence-corrected chi connectivity index (χ3v) is 4.70. The third-order valence-electron chi connectivity index (χ3n) is 3.66. The van der Waals surface area contributed by atoms with E-state index in [9.17, 15) is 9.18 Å². The van der Waals surface area contributed by atoms with Crippen LogP contribution in [0, 0.1) is 5.82 Å². The van der Waals surface area contributed by atoms with E-state index >= 15 is 0 Å². The Bertz CT molecular complexity index is 896. The van der Waals surface area contributed by atoms with Crippen molar-refractivity contribution in [1.29, 1.82) is 0 Å². The van der Waals surface area contributed by atoms with Crippen LogP contribution in [0.15, 0.2) is 53.5 Å². The number of thiazole rings is 1. The molecule has 0 saturated carbocycles. The molecule has 0 atom stereocenters. The van der Waals surface area contributed by atoms with Crippen LogP contribution in [0.25, 0.3) is 10.2 Å². The summed E-state index contributed by atoms with van der Waals surface area (Å²) in [4.78, 5) is 16.9. The first-order chi connectivity index (χ1) is 11.2. The van der Waals surface area contributed by atoms with Crippen molar-refractivity contribution in [1.82, 2.24) is 4.57 Å². The number of carbonyl (C=O) groups is 1. The van der Waals surface area contributed by atoms with Crippen molar-refractivity contribution in [3.05, 3.63) is 64.7 Å². The topological polar surface area (TPSA) is 34.4 Å². The molecule has 1 aromatic heterocycles. The molecule has 0 N–H and O–H groups in total. The molecule has 23 heavy (non-hydrogen) atoms.